The largest absolute Gasteiger partial charge is 0.248 e. The van der Waals surface area contributed by atoms with E-state index in [1.807, 2.05) is 0 Å². The lowest BCUT2D eigenvalue weighted by molar-refractivity contribution is 0.150. The molecule has 0 aromatic rings. The molecule has 0 aliphatic heterocycles. The zero-order valence-corrected chi connectivity index (χ0v) is 4.00. The van der Waals surface area contributed by atoms with Crippen LogP contribution in [0.4, 0.5) is 13.2 Å². The lowest BCUT2D eigenvalue weighted by Gasteiger charge is -2.00. The van der Waals surface area contributed by atoms with Gasteiger partial charge in [0.05, 0.1) is 0 Å². The number of halogens is 3. The molecule has 7 heavy (non-hydrogen) atoms. The van der Waals surface area contributed by atoms with Crippen LogP contribution in [-0.4, -0.2) is 19.0 Å². The maximum atomic E-state index is 11.5. The Hall–Kier alpha value is -0.210. The molecule has 0 spiro atoms. The van der Waals surface area contributed by atoms with E-state index in [1.54, 1.807) is 0 Å². The quantitative estimate of drug-likeness (QED) is 0.509. The molecular weight excluding hydrogens is 105 g/mol. The van der Waals surface area contributed by atoms with E-state index >= 15 is 0 Å². The van der Waals surface area contributed by atoms with Gasteiger partial charge in [0.25, 0.3) is 0 Å². The minimum atomic E-state index is -1.93. The molecule has 0 saturated carbocycles. The van der Waals surface area contributed by atoms with Gasteiger partial charge in [0.1, 0.15) is 12.8 Å². The lowest BCUT2D eigenvalue weighted by atomic mass is 10.3. The summed E-state index contributed by atoms with van der Waals surface area (Å²) in [5, 5.41) is 0. The molecule has 0 aromatic heterocycles. The summed E-state index contributed by atoms with van der Waals surface area (Å²) in [5.41, 5.74) is 0. The predicted octanol–water partition coefficient (Wildman–Crippen LogP) is 1.65. The molecule has 0 aliphatic carbocycles. The third-order valence-electron chi connectivity index (χ3n) is 0.646. The van der Waals surface area contributed by atoms with E-state index in [-0.39, 0.29) is 0 Å². The molecule has 0 N–H and O–H groups in total. The molecule has 0 bridgehead atoms. The van der Waals surface area contributed by atoms with Gasteiger partial charge in [-0.3, -0.25) is 0 Å². The molecule has 0 aromatic carbocycles. The molecule has 2 atom stereocenters. The third kappa shape index (κ3) is 2.48. The zero-order chi connectivity index (χ0) is 5.86. The highest BCUT2D eigenvalue weighted by molar-refractivity contribution is 4.59. The summed E-state index contributed by atoms with van der Waals surface area (Å²) < 4.78 is 34.0. The first-order chi connectivity index (χ1) is 3.18. The molecule has 0 saturated heterocycles. The predicted molar refractivity (Wildman–Crippen MR) is 21.4 cm³/mol. The molecule has 0 amide bonds. The van der Waals surface area contributed by atoms with E-state index in [4.69, 9.17) is 0 Å². The summed E-state index contributed by atoms with van der Waals surface area (Å²) in [6.07, 6.45) is -3.61. The average molecular weight is 112 g/mol. The first-order valence-electron chi connectivity index (χ1n) is 2.02. The van der Waals surface area contributed by atoms with Crippen LogP contribution < -0.4 is 0 Å². The van der Waals surface area contributed by atoms with E-state index in [0.29, 0.717) is 0 Å². The fraction of sp³-hybridized carbons (Fsp3) is 1.00. The smallest absolute Gasteiger partial charge is 0.159 e. The summed E-state index contributed by atoms with van der Waals surface area (Å²) >= 11 is 0. The summed E-state index contributed by atoms with van der Waals surface area (Å²) in [5.74, 6) is 0. The van der Waals surface area contributed by atoms with Gasteiger partial charge in [-0.15, -0.1) is 0 Å². The van der Waals surface area contributed by atoms with Gasteiger partial charge < -0.3 is 0 Å². The van der Waals surface area contributed by atoms with Gasteiger partial charge in [-0.1, -0.05) is 0 Å². The van der Waals surface area contributed by atoms with Crippen LogP contribution >= 0.6 is 0 Å². The van der Waals surface area contributed by atoms with Crippen LogP contribution in [0, 0.1) is 0 Å². The maximum absolute atomic E-state index is 11.5. The minimum absolute atomic E-state index is 0.990. The molecule has 44 valence electrons. The Morgan fingerprint density at radius 1 is 1.43 bits per heavy atom. The summed E-state index contributed by atoms with van der Waals surface area (Å²) in [6.45, 7) is -0.234. The second kappa shape index (κ2) is 2.88. The van der Waals surface area contributed by atoms with E-state index in [1.165, 1.54) is 0 Å². The maximum Gasteiger partial charge on any atom is 0.159 e. The second-order valence-corrected chi connectivity index (χ2v) is 1.35. The standard InChI is InChI=1S/C4H7F3/c1-3(6)4(7)2-5/h3-4H,2H2,1H3. The van der Waals surface area contributed by atoms with Gasteiger partial charge in [-0.2, -0.15) is 0 Å². The Balaban J connectivity index is 3.14. The molecule has 0 nitrogen and oxygen atoms in total. The lowest BCUT2D eigenvalue weighted by Crippen LogP contribution is -2.14. The number of hydrogen-bond acceptors (Lipinski definition) is 0. The van der Waals surface area contributed by atoms with Gasteiger partial charge in [0.15, 0.2) is 6.17 Å². The molecule has 0 fully saturated rings. The van der Waals surface area contributed by atoms with Crippen molar-refractivity contribution in [3.8, 4) is 0 Å². The molecular formula is C4H7F3. The van der Waals surface area contributed by atoms with Crippen molar-refractivity contribution in [1.29, 1.82) is 0 Å². The van der Waals surface area contributed by atoms with Crippen molar-refractivity contribution in [2.45, 2.75) is 19.3 Å². The minimum Gasteiger partial charge on any atom is -0.248 e. The van der Waals surface area contributed by atoms with Gasteiger partial charge in [0.2, 0.25) is 0 Å². The van der Waals surface area contributed by atoms with Gasteiger partial charge in [-0.05, 0) is 6.92 Å². The topological polar surface area (TPSA) is 0 Å². The van der Waals surface area contributed by atoms with Crippen LogP contribution in [-0.2, 0) is 0 Å². The third-order valence-corrected chi connectivity index (χ3v) is 0.646. The highest BCUT2D eigenvalue weighted by Gasteiger charge is 2.12. The number of alkyl halides is 3. The first kappa shape index (κ1) is 6.79. The molecule has 0 rings (SSSR count). The van der Waals surface area contributed by atoms with Crippen molar-refractivity contribution >= 4 is 0 Å². The highest BCUT2D eigenvalue weighted by Crippen LogP contribution is 2.01. The van der Waals surface area contributed by atoms with Crippen molar-refractivity contribution in [1.82, 2.24) is 0 Å². The molecule has 0 aliphatic rings. The summed E-state index contributed by atoms with van der Waals surface area (Å²) in [4.78, 5) is 0. The van der Waals surface area contributed by atoms with Crippen LogP contribution in [0.15, 0.2) is 0 Å². The summed E-state index contributed by atoms with van der Waals surface area (Å²) in [7, 11) is 0. The Kier molecular flexibility index (Phi) is 2.79. The molecule has 0 radical (unpaired) electrons. The fourth-order valence-corrected chi connectivity index (χ4v) is 0.123. The van der Waals surface area contributed by atoms with E-state index in [9.17, 15) is 13.2 Å². The van der Waals surface area contributed by atoms with Crippen LogP contribution in [0.5, 0.6) is 0 Å². The Labute approximate surface area is 40.3 Å². The first-order valence-corrected chi connectivity index (χ1v) is 2.02. The Morgan fingerprint density at radius 2 is 1.86 bits per heavy atom. The molecule has 2 unspecified atom stereocenters. The summed E-state index contributed by atoms with van der Waals surface area (Å²) in [6, 6.07) is 0. The van der Waals surface area contributed by atoms with Crippen molar-refractivity contribution in [2.75, 3.05) is 6.67 Å². The number of rotatable bonds is 2. The van der Waals surface area contributed by atoms with Crippen molar-refractivity contribution in [2.24, 2.45) is 0 Å². The van der Waals surface area contributed by atoms with Crippen molar-refractivity contribution in [3.05, 3.63) is 0 Å². The molecule has 0 heterocycles. The van der Waals surface area contributed by atoms with Crippen LogP contribution in [0.1, 0.15) is 6.92 Å². The van der Waals surface area contributed by atoms with Gasteiger partial charge in [0, 0.05) is 0 Å². The van der Waals surface area contributed by atoms with E-state index in [0.717, 1.165) is 6.92 Å². The highest BCUT2D eigenvalue weighted by atomic mass is 19.2. The van der Waals surface area contributed by atoms with E-state index in [2.05, 4.69) is 0 Å². The normalized spacial score (nSPS) is 18.9. The van der Waals surface area contributed by atoms with Gasteiger partial charge >= 0.3 is 0 Å². The SMILES string of the molecule is CC(F)C(F)CF. The van der Waals surface area contributed by atoms with E-state index < -0.39 is 19.0 Å². The number of hydrogen-bond donors (Lipinski definition) is 0. The van der Waals surface area contributed by atoms with Crippen molar-refractivity contribution < 1.29 is 13.2 Å². The van der Waals surface area contributed by atoms with Crippen LogP contribution in [0.3, 0.4) is 0 Å². The Bertz CT molecular complexity index is 44.2. The Morgan fingerprint density at radius 3 is 1.86 bits per heavy atom. The van der Waals surface area contributed by atoms with Gasteiger partial charge in [-0.25, -0.2) is 13.2 Å². The monoisotopic (exact) mass is 112 g/mol. The second-order valence-electron chi connectivity index (χ2n) is 1.35. The fourth-order valence-electron chi connectivity index (χ4n) is 0.123. The van der Waals surface area contributed by atoms with Crippen molar-refractivity contribution in [3.63, 3.8) is 0 Å². The van der Waals surface area contributed by atoms with Crippen LogP contribution in [0.2, 0.25) is 0 Å². The zero-order valence-electron chi connectivity index (χ0n) is 4.00. The molecule has 3 heteroatoms. The van der Waals surface area contributed by atoms with Crippen LogP contribution in [0.25, 0.3) is 0 Å². The average Bonchev–Trinajstić information content (AvgIpc) is 1.65.